The highest BCUT2D eigenvalue weighted by Crippen LogP contribution is 2.30. The van der Waals surface area contributed by atoms with Gasteiger partial charge >= 0.3 is 11.6 Å². The van der Waals surface area contributed by atoms with Gasteiger partial charge in [0.05, 0.1) is 4.92 Å². The van der Waals surface area contributed by atoms with E-state index in [9.17, 15) is 10.1 Å². The van der Waals surface area contributed by atoms with Crippen molar-refractivity contribution < 1.29 is 9.66 Å². The van der Waals surface area contributed by atoms with Gasteiger partial charge in [-0.15, -0.1) is 0 Å². The molecule has 0 aliphatic carbocycles. The minimum Gasteiger partial charge on any atom is -0.434 e. The van der Waals surface area contributed by atoms with Crippen LogP contribution in [-0.4, -0.2) is 14.9 Å². The van der Waals surface area contributed by atoms with Gasteiger partial charge in [0.15, 0.2) is 0 Å². The van der Waals surface area contributed by atoms with Crippen LogP contribution in [0, 0.1) is 10.1 Å². The average Bonchev–Trinajstić information content (AvgIpc) is 2.47. The average molecular weight is 289 g/mol. The second kappa shape index (κ2) is 6.14. The number of nitrogens with two attached hydrogens (primary N) is 1. The van der Waals surface area contributed by atoms with Crippen LogP contribution >= 0.6 is 0 Å². The van der Waals surface area contributed by atoms with Crippen molar-refractivity contribution in [1.82, 2.24) is 9.97 Å². The second-order valence-electron chi connectivity index (χ2n) is 4.61. The number of aromatic nitrogens is 2. The van der Waals surface area contributed by atoms with Crippen LogP contribution in [0.3, 0.4) is 0 Å². The Kier molecular flexibility index (Phi) is 4.29. The molecule has 1 heterocycles. The lowest BCUT2D eigenvalue weighted by molar-refractivity contribution is -0.386. The summed E-state index contributed by atoms with van der Waals surface area (Å²) >= 11 is 0. The van der Waals surface area contributed by atoms with E-state index in [1.54, 1.807) is 12.1 Å². The zero-order valence-corrected chi connectivity index (χ0v) is 11.6. The molecule has 0 spiro atoms. The predicted octanol–water partition coefficient (Wildman–Crippen LogP) is 2.59. The fourth-order valence-electron chi connectivity index (χ4n) is 1.66. The first-order valence-corrected chi connectivity index (χ1v) is 6.27. The molecule has 0 amide bonds. The number of hydrogen-bond acceptors (Lipinski definition) is 7. The van der Waals surface area contributed by atoms with Crippen LogP contribution in [0.4, 0.5) is 11.6 Å². The summed E-state index contributed by atoms with van der Waals surface area (Å²) in [6.45, 7) is 4.15. The molecule has 8 nitrogen and oxygen atoms in total. The molecular weight excluding hydrogens is 274 g/mol. The number of rotatable bonds is 5. The van der Waals surface area contributed by atoms with Gasteiger partial charge in [-0.25, -0.2) is 10.8 Å². The molecule has 3 N–H and O–H groups in total. The summed E-state index contributed by atoms with van der Waals surface area (Å²) in [5, 5.41) is 10.9. The Morgan fingerprint density at radius 3 is 2.52 bits per heavy atom. The zero-order chi connectivity index (χ0) is 15.4. The fraction of sp³-hybridized carbons (Fsp3) is 0.231. The first-order valence-electron chi connectivity index (χ1n) is 6.27. The lowest BCUT2D eigenvalue weighted by Gasteiger charge is -2.08. The molecule has 0 saturated heterocycles. The van der Waals surface area contributed by atoms with E-state index in [1.165, 1.54) is 0 Å². The summed E-state index contributed by atoms with van der Waals surface area (Å²) in [6, 6.07) is 7.26. The molecule has 0 fully saturated rings. The van der Waals surface area contributed by atoms with E-state index in [0.29, 0.717) is 11.7 Å². The van der Waals surface area contributed by atoms with Crippen molar-refractivity contribution in [2.24, 2.45) is 5.84 Å². The second-order valence-corrected chi connectivity index (χ2v) is 4.61. The Morgan fingerprint density at radius 1 is 1.33 bits per heavy atom. The molecule has 0 aliphatic heterocycles. The minimum absolute atomic E-state index is 0.0365. The summed E-state index contributed by atoms with van der Waals surface area (Å²) in [5.41, 5.74) is 3.03. The highest BCUT2D eigenvalue weighted by atomic mass is 16.6. The van der Waals surface area contributed by atoms with Gasteiger partial charge in [-0.2, -0.15) is 4.98 Å². The summed E-state index contributed by atoms with van der Waals surface area (Å²) < 4.78 is 5.46. The number of nitrogen functional groups attached to an aromatic ring is 1. The Bertz CT molecular complexity index is 643. The maximum absolute atomic E-state index is 10.9. The summed E-state index contributed by atoms with van der Waals surface area (Å²) in [7, 11) is 0. The Hall–Kier alpha value is -2.74. The van der Waals surface area contributed by atoms with Crippen molar-refractivity contribution in [2.45, 2.75) is 19.8 Å². The van der Waals surface area contributed by atoms with Crippen LogP contribution in [0.1, 0.15) is 25.3 Å². The van der Waals surface area contributed by atoms with Crippen molar-refractivity contribution in [3.05, 3.63) is 46.1 Å². The number of benzene rings is 1. The quantitative estimate of drug-likeness (QED) is 0.493. The van der Waals surface area contributed by atoms with Gasteiger partial charge in [0, 0.05) is 0 Å². The fourth-order valence-corrected chi connectivity index (χ4v) is 1.66. The topological polar surface area (TPSA) is 116 Å². The third kappa shape index (κ3) is 3.42. The van der Waals surface area contributed by atoms with E-state index < -0.39 is 4.92 Å². The molecule has 0 bridgehead atoms. The number of nitrogens with one attached hydrogen (secondary N) is 1. The lowest BCUT2D eigenvalue weighted by Crippen LogP contribution is -2.11. The zero-order valence-electron chi connectivity index (χ0n) is 11.6. The molecule has 0 atom stereocenters. The summed E-state index contributed by atoms with van der Waals surface area (Å²) in [4.78, 5) is 17.9. The molecule has 0 unspecified atom stereocenters. The van der Waals surface area contributed by atoms with Gasteiger partial charge in [-0.3, -0.25) is 15.5 Å². The highest BCUT2D eigenvalue weighted by Gasteiger charge is 2.19. The third-order valence-corrected chi connectivity index (χ3v) is 2.82. The summed E-state index contributed by atoms with van der Waals surface area (Å²) in [6.07, 6.45) is 1.04. The van der Waals surface area contributed by atoms with Gasteiger partial charge in [-0.05, 0) is 23.6 Å². The van der Waals surface area contributed by atoms with Gasteiger partial charge < -0.3 is 4.74 Å². The van der Waals surface area contributed by atoms with Crippen molar-refractivity contribution in [3.63, 3.8) is 0 Å². The first kappa shape index (κ1) is 14.7. The SMILES string of the molecule is CC(C)c1ccc(Oc2nc(NN)ncc2[N+](=O)[O-])cc1. The molecule has 0 aliphatic rings. The van der Waals surface area contributed by atoms with Crippen LogP contribution in [0.25, 0.3) is 0 Å². The maximum Gasteiger partial charge on any atom is 0.349 e. The summed E-state index contributed by atoms with van der Waals surface area (Å²) in [5.74, 6) is 5.90. The number of anilines is 1. The van der Waals surface area contributed by atoms with Gasteiger partial charge in [-0.1, -0.05) is 26.0 Å². The Balaban J connectivity index is 2.31. The van der Waals surface area contributed by atoms with E-state index in [2.05, 4.69) is 29.2 Å². The van der Waals surface area contributed by atoms with E-state index in [4.69, 9.17) is 10.6 Å². The lowest BCUT2D eigenvalue weighted by atomic mass is 10.0. The molecule has 2 aromatic rings. The molecule has 1 aromatic heterocycles. The standard InChI is InChI=1S/C13H15N5O3/c1-8(2)9-3-5-10(6-4-9)21-12-11(18(19)20)7-15-13(16-12)17-14/h3-8H,14H2,1-2H3,(H,15,16,17). The molecule has 1 aromatic carbocycles. The van der Waals surface area contributed by atoms with Crippen molar-refractivity contribution in [3.8, 4) is 11.6 Å². The molecular formula is C13H15N5O3. The monoisotopic (exact) mass is 289 g/mol. The normalized spacial score (nSPS) is 10.5. The Morgan fingerprint density at radius 2 is 2.00 bits per heavy atom. The molecule has 0 radical (unpaired) electrons. The largest absolute Gasteiger partial charge is 0.434 e. The van der Waals surface area contributed by atoms with Gasteiger partial charge in [0.25, 0.3) is 0 Å². The molecule has 8 heteroatoms. The molecule has 2 rings (SSSR count). The first-order chi connectivity index (χ1) is 10.0. The van der Waals surface area contributed by atoms with Crippen LogP contribution in [0.2, 0.25) is 0 Å². The van der Waals surface area contributed by atoms with Crippen molar-refractivity contribution in [1.29, 1.82) is 0 Å². The predicted molar refractivity (Wildman–Crippen MR) is 77.1 cm³/mol. The van der Waals surface area contributed by atoms with Gasteiger partial charge in [0.2, 0.25) is 5.95 Å². The highest BCUT2D eigenvalue weighted by molar-refractivity contribution is 5.45. The van der Waals surface area contributed by atoms with Crippen molar-refractivity contribution in [2.75, 3.05) is 5.43 Å². The van der Waals surface area contributed by atoms with Crippen molar-refractivity contribution >= 4 is 11.6 Å². The molecule has 21 heavy (non-hydrogen) atoms. The smallest absolute Gasteiger partial charge is 0.349 e. The molecule has 0 saturated carbocycles. The number of hydrogen-bond donors (Lipinski definition) is 2. The third-order valence-electron chi connectivity index (χ3n) is 2.82. The Labute approximate surface area is 121 Å². The maximum atomic E-state index is 10.9. The minimum atomic E-state index is -0.613. The van der Waals surface area contributed by atoms with Crippen LogP contribution in [0.5, 0.6) is 11.6 Å². The number of hydrazine groups is 1. The van der Waals surface area contributed by atoms with E-state index in [0.717, 1.165) is 11.8 Å². The number of nitro groups is 1. The van der Waals surface area contributed by atoms with Crippen LogP contribution in [-0.2, 0) is 0 Å². The number of nitrogens with zero attached hydrogens (tertiary/aromatic N) is 3. The molecule has 110 valence electrons. The van der Waals surface area contributed by atoms with E-state index in [1.807, 2.05) is 12.1 Å². The van der Waals surface area contributed by atoms with Gasteiger partial charge in [0.1, 0.15) is 11.9 Å². The van der Waals surface area contributed by atoms with Crippen LogP contribution < -0.4 is 16.0 Å². The number of ether oxygens (including phenoxy) is 1. The van der Waals surface area contributed by atoms with E-state index >= 15 is 0 Å². The van der Waals surface area contributed by atoms with E-state index in [-0.39, 0.29) is 17.5 Å². The van der Waals surface area contributed by atoms with Crippen LogP contribution in [0.15, 0.2) is 30.5 Å².